The minimum absolute atomic E-state index is 0.0900. The Bertz CT molecular complexity index is 572. The highest BCUT2D eigenvalue weighted by Gasteiger charge is 2.35. The summed E-state index contributed by atoms with van der Waals surface area (Å²) in [6, 6.07) is 1.60. The number of aromatic nitrogens is 1. The third-order valence-electron chi connectivity index (χ3n) is 3.25. The van der Waals surface area contributed by atoms with Crippen LogP contribution in [0.3, 0.4) is 0 Å². The van der Waals surface area contributed by atoms with Crippen molar-refractivity contribution in [2.45, 2.75) is 17.5 Å². The summed E-state index contributed by atoms with van der Waals surface area (Å²) in [5.74, 6) is 0.0900. The lowest BCUT2D eigenvalue weighted by molar-refractivity contribution is -0.141. The maximum absolute atomic E-state index is 12.4. The van der Waals surface area contributed by atoms with E-state index in [1.165, 1.54) is 4.31 Å². The molecular weight excluding hydrogens is 295 g/mol. The number of pyridine rings is 1. The number of sulfonamides is 1. The fraction of sp³-hybridized carbons (Fsp3) is 0.545. The number of alkyl halides is 3. The Hall–Kier alpha value is -1.19. The monoisotopic (exact) mass is 309 g/mol. The van der Waals surface area contributed by atoms with Crippen molar-refractivity contribution in [3.63, 3.8) is 0 Å². The molecule has 0 aliphatic carbocycles. The molecule has 112 valence electrons. The van der Waals surface area contributed by atoms with E-state index in [1.807, 2.05) is 0 Å². The first-order valence-electron chi connectivity index (χ1n) is 5.98. The SMILES string of the molecule is NCC1CCN(S(=O)(=O)c2ccc(C(F)(F)F)nc2)C1. The lowest BCUT2D eigenvalue weighted by Crippen LogP contribution is -2.30. The normalized spacial score (nSPS) is 21.3. The number of hydrogen-bond donors (Lipinski definition) is 1. The molecule has 5 nitrogen and oxygen atoms in total. The van der Waals surface area contributed by atoms with Gasteiger partial charge in [-0.2, -0.15) is 17.5 Å². The summed E-state index contributed by atoms with van der Waals surface area (Å²) >= 11 is 0. The topological polar surface area (TPSA) is 76.3 Å². The van der Waals surface area contributed by atoms with Crippen LogP contribution in [0.2, 0.25) is 0 Å². The van der Waals surface area contributed by atoms with Crippen molar-refractivity contribution in [2.75, 3.05) is 19.6 Å². The molecule has 0 aromatic carbocycles. The largest absolute Gasteiger partial charge is 0.433 e. The van der Waals surface area contributed by atoms with Crippen LogP contribution in [0.15, 0.2) is 23.2 Å². The maximum atomic E-state index is 12.4. The molecule has 1 aromatic rings. The molecule has 0 radical (unpaired) electrons. The number of nitrogens with zero attached hydrogens (tertiary/aromatic N) is 2. The molecule has 1 aliphatic heterocycles. The van der Waals surface area contributed by atoms with Crippen molar-refractivity contribution >= 4 is 10.0 Å². The second-order valence-corrected chi connectivity index (χ2v) is 6.57. The first-order chi connectivity index (χ1) is 9.25. The van der Waals surface area contributed by atoms with Gasteiger partial charge in [0.2, 0.25) is 10.0 Å². The van der Waals surface area contributed by atoms with E-state index in [0.29, 0.717) is 32.1 Å². The Morgan fingerprint density at radius 1 is 1.40 bits per heavy atom. The van der Waals surface area contributed by atoms with E-state index in [-0.39, 0.29) is 10.8 Å². The predicted octanol–water partition coefficient (Wildman–Crippen LogP) is 1.07. The van der Waals surface area contributed by atoms with Crippen LogP contribution in [-0.4, -0.2) is 37.3 Å². The van der Waals surface area contributed by atoms with E-state index in [4.69, 9.17) is 5.73 Å². The number of halogens is 3. The van der Waals surface area contributed by atoms with Gasteiger partial charge in [0.1, 0.15) is 10.6 Å². The van der Waals surface area contributed by atoms with E-state index in [2.05, 4.69) is 4.98 Å². The lowest BCUT2D eigenvalue weighted by Gasteiger charge is -2.16. The highest BCUT2D eigenvalue weighted by molar-refractivity contribution is 7.89. The molecular formula is C11H14F3N3O2S. The van der Waals surface area contributed by atoms with E-state index < -0.39 is 21.9 Å². The molecule has 0 spiro atoms. The molecule has 1 saturated heterocycles. The summed E-state index contributed by atoms with van der Waals surface area (Å²) in [4.78, 5) is 2.94. The van der Waals surface area contributed by atoms with Crippen molar-refractivity contribution in [1.82, 2.24) is 9.29 Å². The minimum Gasteiger partial charge on any atom is -0.330 e. The zero-order chi connectivity index (χ0) is 15.0. The highest BCUT2D eigenvalue weighted by Crippen LogP contribution is 2.29. The van der Waals surface area contributed by atoms with Crippen molar-refractivity contribution in [2.24, 2.45) is 11.7 Å². The van der Waals surface area contributed by atoms with Crippen LogP contribution >= 0.6 is 0 Å². The predicted molar refractivity (Wildman–Crippen MR) is 65.2 cm³/mol. The van der Waals surface area contributed by atoms with Crippen LogP contribution in [0.25, 0.3) is 0 Å². The van der Waals surface area contributed by atoms with E-state index in [1.54, 1.807) is 0 Å². The van der Waals surface area contributed by atoms with E-state index in [0.717, 1.165) is 12.3 Å². The highest BCUT2D eigenvalue weighted by atomic mass is 32.2. The van der Waals surface area contributed by atoms with Gasteiger partial charge >= 0.3 is 6.18 Å². The summed E-state index contributed by atoms with van der Waals surface area (Å²) in [7, 11) is -3.80. The van der Waals surface area contributed by atoms with Crippen LogP contribution < -0.4 is 5.73 Å². The average Bonchev–Trinajstić information content (AvgIpc) is 2.87. The molecule has 2 heterocycles. The number of hydrogen-bond acceptors (Lipinski definition) is 4. The minimum atomic E-state index is -4.58. The first kappa shape index (κ1) is 15.2. The van der Waals surface area contributed by atoms with Gasteiger partial charge < -0.3 is 5.73 Å². The molecule has 20 heavy (non-hydrogen) atoms. The average molecular weight is 309 g/mol. The second-order valence-electron chi connectivity index (χ2n) is 4.63. The molecule has 0 amide bonds. The third kappa shape index (κ3) is 2.94. The lowest BCUT2D eigenvalue weighted by atomic mass is 10.1. The van der Waals surface area contributed by atoms with Crippen molar-refractivity contribution in [3.05, 3.63) is 24.0 Å². The molecule has 0 saturated carbocycles. The summed E-state index contributed by atoms with van der Waals surface area (Å²) in [5, 5.41) is 0. The molecule has 9 heteroatoms. The van der Waals surface area contributed by atoms with Gasteiger partial charge in [0.25, 0.3) is 0 Å². The number of nitrogens with two attached hydrogens (primary N) is 1. The Morgan fingerprint density at radius 3 is 2.55 bits per heavy atom. The summed E-state index contributed by atoms with van der Waals surface area (Å²) in [5.41, 5.74) is 4.37. The standard InChI is InChI=1S/C11H14F3N3O2S/c12-11(13,14)10-2-1-9(6-16-10)20(18,19)17-4-3-8(5-15)7-17/h1-2,6,8H,3-5,7,15H2. The Kier molecular flexibility index (Phi) is 4.03. The van der Waals surface area contributed by atoms with Crippen LogP contribution in [0.5, 0.6) is 0 Å². The zero-order valence-corrected chi connectivity index (χ0v) is 11.3. The van der Waals surface area contributed by atoms with Gasteiger partial charge in [0, 0.05) is 19.3 Å². The first-order valence-corrected chi connectivity index (χ1v) is 7.42. The van der Waals surface area contributed by atoms with Crippen molar-refractivity contribution in [3.8, 4) is 0 Å². The second kappa shape index (κ2) is 5.30. The fourth-order valence-corrected chi connectivity index (χ4v) is 3.53. The molecule has 2 N–H and O–H groups in total. The van der Waals surface area contributed by atoms with Crippen LogP contribution in [0.1, 0.15) is 12.1 Å². The smallest absolute Gasteiger partial charge is 0.330 e. The van der Waals surface area contributed by atoms with Crippen LogP contribution in [0, 0.1) is 5.92 Å². The van der Waals surface area contributed by atoms with Crippen LogP contribution in [-0.2, 0) is 16.2 Å². The number of rotatable bonds is 3. The van der Waals surface area contributed by atoms with Gasteiger partial charge in [0.15, 0.2) is 0 Å². The summed E-state index contributed by atoms with van der Waals surface area (Å²) < 4.78 is 62.8. The fourth-order valence-electron chi connectivity index (χ4n) is 2.06. The zero-order valence-electron chi connectivity index (χ0n) is 10.5. The third-order valence-corrected chi connectivity index (χ3v) is 5.10. The van der Waals surface area contributed by atoms with Crippen molar-refractivity contribution < 1.29 is 21.6 Å². The Morgan fingerprint density at radius 2 is 2.10 bits per heavy atom. The molecule has 0 bridgehead atoms. The molecule has 1 aromatic heterocycles. The van der Waals surface area contributed by atoms with Crippen LogP contribution in [0.4, 0.5) is 13.2 Å². The summed E-state index contributed by atoms with van der Waals surface area (Å²) in [6.07, 6.45) is -3.18. The van der Waals surface area contributed by atoms with Gasteiger partial charge in [0.05, 0.1) is 0 Å². The van der Waals surface area contributed by atoms with Gasteiger partial charge in [-0.15, -0.1) is 0 Å². The van der Waals surface area contributed by atoms with Gasteiger partial charge in [-0.3, -0.25) is 4.98 Å². The van der Waals surface area contributed by atoms with E-state index in [9.17, 15) is 21.6 Å². The van der Waals surface area contributed by atoms with Gasteiger partial charge in [-0.05, 0) is 31.0 Å². The molecule has 2 rings (SSSR count). The van der Waals surface area contributed by atoms with Gasteiger partial charge in [-0.25, -0.2) is 8.42 Å². The van der Waals surface area contributed by atoms with Crippen molar-refractivity contribution in [1.29, 1.82) is 0 Å². The van der Waals surface area contributed by atoms with E-state index >= 15 is 0 Å². The maximum Gasteiger partial charge on any atom is 0.433 e. The molecule has 1 unspecified atom stereocenters. The van der Waals surface area contributed by atoms with Gasteiger partial charge in [-0.1, -0.05) is 0 Å². The quantitative estimate of drug-likeness (QED) is 0.906. The molecule has 1 atom stereocenters. The molecule has 1 aliphatic rings. The Labute approximate surface area is 114 Å². The summed E-state index contributed by atoms with van der Waals surface area (Å²) in [6.45, 7) is 1.00. The molecule has 1 fully saturated rings. The Balaban J connectivity index is 2.23.